The quantitative estimate of drug-likeness (QED) is 0.742. The molecule has 0 aliphatic rings. The molecule has 4 nitrogen and oxygen atoms in total. The van der Waals surface area contributed by atoms with Gasteiger partial charge in [0.15, 0.2) is 0 Å². The molecule has 0 heterocycles. The highest BCUT2D eigenvalue weighted by atomic mass is 16.5. The first-order chi connectivity index (χ1) is 12.0. The lowest BCUT2D eigenvalue weighted by Gasteiger charge is -2.16. The molecule has 1 unspecified atom stereocenters. The second-order valence-electron chi connectivity index (χ2n) is 6.25. The predicted octanol–water partition coefficient (Wildman–Crippen LogP) is 3.82. The summed E-state index contributed by atoms with van der Waals surface area (Å²) in [6.07, 6.45) is 1.35. The molecule has 2 N–H and O–H groups in total. The Hall–Kier alpha value is -2.33. The van der Waals surface area contributed by atoms with E-state index in [9.17, 15) is 4.79 Å². The number of para-hydroxylation sites is 1. The molecule has 2 aromatic carbocycles. The highest BCUT2D eigenvalue weighted by Gasteiger charge is 2.18. The Labute approximate surface area is 150 Å². The first-order valence-corrected chi connectivity index (χ1v) is 8.69. The van der Waals surface area contributed by atoms with E-state index < -0.39 is 0 Å². The minimum atomic E-state index is -0.178. The predicted molar refractivity (Wildman–Crippen MR) is 101 cm³/mol. The third-order valence-electron chi connectivity index (χ3n) is 4.22. The maximum atomic E-state index is 11.7. The van der Waals surface area contributed by atoms with Crippen molar-refractivity contribution in [2.75, 3.05) is 13.7 Å². The molecule has 0 aliphatic heterocycles. The number of carbonyl (C=O) groups excluding carboxylic acids is 1. The largest absolute Gasteiger partial charge is 0.496 e. The smallest absolute Gasteiger partial charge is 0.308 e. The maximum absolute atomic E-state index is 11.7. The third kappa shape index (κ3) is 5.33. The van der Waals surface area contributed by atoms with E-state index in [1.807, 2.05) is 38.1 Å². The Bertz CT molecular complexity index is 682. The van der Waals surface area contributed by atoms with Gasteiger partial charge in [-0.3, -0.25) is 4.79 Å². The molecule has 2 atom stereocenters. The van der Waals surface area contributed by atoms with Gasteiger partial charge in [-0.05, 0) is 37.0 Å². The van der Waals surface area contributed by atoms with Gasteiger partial charge in [-0.1, -0.05) is 49.4 Å². The van der Waals surface area contributed by atoms with Crippen LogP contribution in [0.3, 0.4) is 0 Å². The summed E-state index contributed by atoms with van der Waals surface area (Å²) in [6.45, 7) is 4.08. The van der Waals surface area contributed by atoms with Gasteiger partial charge >= 0.3 is 5.97 Å². The average molecular weight is 341 g/mol. The van der Waals surface area contributed by atoms with Crippen LogP contribution in [0.2, 0.25) is 0 Å². The van der Waals surface area contributed by atoms with Crippen LogP contribution in [0, 0.1) is 5.92 Å². The van der Waals surface area contributed by atoms with Gasteiger partial charge in [0.1, 0.15) is 5.75 Å². The fourth-order valence-corrected chi connectivity index (χ4v) is 2.92. The Morgan fingerprint density at radius 2 is 1.80 bits per heavy atom. The number of nitrogens with two attached hydrogens (primary N) is 1. The summed E-state index contributed by atoms with van der Waals surface area (Å²) >= 11 is 0. The summed E-state index contributed by atoms with van der Waals surface area (Å²) < 4.78 is 10.5. The molecule has 25 heavy (non-hydrogen) atoms. The van der Waals surface area contributed by atoms with E-state index in [-0.39, 0.29) is 17.9 Å². The van der Waals surface area contributed by atoms with E-state index in [4.69, 9.17) is 15.2 Å². The van der Waals surface area contributed by atoms with Crippen LogP contribution in [0.1, 0.15) is 25.8 Å². The first kappa shape index (κ1) is 19.0. The van der Waals surface area contributed by atoms with Crippen molar-refractivity contribution >= 4 is 5.97 Å². The lowest BCUT2D eigenvalue weighted by atomic mass is 9.95. The molecule has 0 fully saturated rings. The van der Waals surface area contributed by atoms with E-state index in [2.05, 4.69) is 24.3 Å². The molecular formula is C21H27NO3. The van der Waals surface area contributed by atoms with E-state index in [0.717, 1.165) is 28.9 Å². The zero-order chi connectivity index (χ0) is 18.2. The number of rotatable bonds is 8. The highest BCUT2D eigenvalue weighted by molar-refractivity contribution is 5.72. The van der Waals surface area contributed by atoms with Crippen LogP contribution < -0.4 is 10.5 Å². The van der Waals surface area contributed by atoms with Crippen molar-refractivity contribution in [2.45, 2.75) is 32.7 Å². The van der Waals surface area contributed by atoms with Gasteiger partial charge in [-0.2, -0.15) is 0 Å². The molecule has 2 aromatic rings. The number of benzene rings is 2. The van der Waals surface area contributed by atoms with Gasteiger partial charge in [0, 0.05) is 11.6 Å². The maximum Gasteiger partial charge on any atom is 0.308 e. The summed E-state index contributed by atoms with van der Waals surface area (Å²) in [5.41, 5.74) is 9.54. The monoisotopic (exact) mass is 341 g/mol. The second-order valence-corrected chi connectivity index (χ2v) is 6.25. The number of hydrogen-bond donors (Lipinski definition) is 1. The minimum absolute atomic E-state index is 0.0727. The van der Waals surface area contributed by atoms with Gasteiger partial charge in [0.05, 0.1) is 19.6 Å². The molecule has 0 spiro atoms. The van der Waals surface area contributed by atoms with Crippen molar-refractivity contribution < 1.29 is 14.3 Å². The van der Waals surface area contributed by atoms with E-state index in [1.54, 1.807) is 7.11 Å². The van der Waals surface area contributed by atoms with Crippen LogP contribution in [-0.2, 0) is 16.0 Å². The second kappa shape index (κ2) is 9.23. The third-order valence-corrected chi connectivity index (χ3v) is 4.22. The summed E-state index contributed by atoms with van der Waals surface area (Å²) in [4.78, 5) is 11.7. The van der Waals surface area contributed by atoms with Crippen molar-refractivity contribution in [2.24, 2.45) is 11.7 Å². The van der Waals surface area contributed by atoms with Gasteiger partial charge in [-0.15, -0.1) is 0 Å². The highest BCUT2D eigenvalue weighted by Crippen LogP contribution is 2.29. The van der Waals surface area contributed by atoms with Crippen LogP contribution >= 0.6 is 0 Å². The number of carbonyl (C=O) groups is 1. The van der Waals surface area contributed by atoms with E-state index in [0.29, 0.717) is 13.0 Å². The Balaban J connectivity index is 1.99. The molecule has 0 amide bonds. The molecule has 0 bridgehead atoms. The van der Waals surface area contributed by atoms with Crippen molar-refractivity contribution in [3.8, 4) is 16.9 Å². The molecule has 2 rings (SSSR count). The standard InChI is InChI=1S/C21H27NO3/c1-4-25-21(23)15(2)13-18(22)14-16-9-11-17(12-10-16)19-7-5-6-8-20(19)24-3/h5-12,15,18H,4,13-14,22H2,1-3H3/t15?,18-/m0/s1. The van der Waals surface area contributed by atoms with Crippen molar-refractivity contribution in [1.29, 1.82) is 0 Å². The van der Waals surface area contributed by atoms with Gasteiger partial charge in [-0.25, -0.2) is 0 Å². The average Bonchev–Trinajstić information content (AvgIpc) is 2.62. The lowest BCUT2D eigenvalue weighted by molar-refractivity contribution is -0.147. The summed E-state index contributed by atoms with van der Waals surface area (Å²) in [5, 5.41) is 0. The molecular weight excluding hydrogens is 314 g/mol. The molecule has 0 radical (unpaired) electrons. The van der Waals surface area contributed by atoms with Crippen molar-refractivity contribution in [1.82, 2.24) is 0 Å². The van der Waals surface area contributed by atoms with Gasteiger partial charge < -0.3 is 15.2 Å². The molecule has 0 saturated heterocycles. The van der Waals surface area contributed by atoms with E-state index >= 15 is 0 Å². The summed E-state index contributed by atoms with van der Waals surface area (Å²) in [5.74, 6) is 0.502. The lowest BCUT2D eigenvalue weighted by Crippen LogP contribution is -2.29. The first-order valence-electron chi connectivity index (χ1n) is 8.69. The summed E-state index contributed by atoms with van der Waals surface area (Å²) in [6, 6.07) is 16.2. The Morgan fingerprint density at radius 1 is 1.12 bits per heavy atom. The molecule has 134 valence electrons. The van der Waals surface area contributed by atoms with Crippen molar-refractivity contribution in [3.05, 3.63) is 54.1 Å². The van der Waals surface area contributed by atoms with Gasteiger partial charge in [0.2, 0.25) is 0 Å². The molecule has 0 aromatic heterocycles. The Kier molecular flexibility index (Phi) is 7.02. The Morgan fingerprint density at radius 3 is 2.44 bits per heavy atom. The van der Waals surface area contributed by atoms with Crippen LogP contribution in [0.15, 0.2) is 48.5 Å². The zero-order valence-corrected chi connectivity index (χ0v) is 15.2. The number of hydrogen-bond acceptors (Lipinski definition) is 4. The minimum Gasteiger partial charge on any atom is -0.496 e. The van der Waals surface area contributed by atoms with Crippen LogP contribution in [0.4, 0.5) is 0 Å². The van der Waals surface area contributed by atoms with E-state index in [1.165, 1.54) is 0 Å². The summed E-state index contributed by atoms with van der Waals surface area (Å²) in [7, 11) is 1.68. The van der Waals surface area contributed by atoms with Crippen LogP contribution in [0.25, 0.3) is 11.1 Å². The number of ether oxygens (including phenoxy) is 2. The van der Waals surface area contributed by atoms with Crippen LogP contribution in [-0.4, -0.2) is 25.7 Å². The molecule has 0 aliphatic carbocycles. The zero-order valence-electron chi connectivity index (χ0n) is 15.2. The number of methoxy groups -OCH3 is 1. The topological polar surface area (TPSA) is 61.5 Å². The van der Waals surface area contributed by atoms with Crippen LogP contribution in [0.5, 0.6) is 5.75 Å². The normalized spacial score (nSPS) is 13.1. The van der Waals surface area contributed by atoms with Crippen molar-refractivity contribution in [3.63, 3.8) is 0 Å². The fourth-order valence-electron chi connectivity index (χ4n) is 2.92. The SMILES string of the molecule is CCOC(=O)C(C)C[C@H](N)Cc1ccc(-c2ccccc2OC)cc1. The molecule has 0 saturated carbocycles. The van der Waals surface area contributed by atoms with Gasteiger partial charge in [0.25, 0.3) is 0 Å². The number of esters is 1. The molecule has 4 heteroatoms. The fraction of sp³-hybridized carbons (Fsp3) is 0.381.